The number of hydrogen-bond donors (Lipinski definition) is 0. The number of carbonyl (C=O) groups is 2. The number of hydrogen-bond acceptors (Lipinski definition) is 3. The molecule has 0 heterocycles. The lowest BCUT2D eigenvalue weighted by Crippen LogP contribution is -2.44. The van der Waals surface area contributed by atoms with E-state index in [0.29, 0.717) is 18.4 Å². The van der Waals surface area contributed by atoms with Gasteiger partial charge in [0.2, 0.25) is 0 Å². The van der Waals surface area contributed by atoms with E-state index in [1.165, 1.54) is 23.1 Å². The second-order valence-electron chi connectivity index (χ2n) is 5.82. The fourth-order valence-electron chi connectivity index (χ4n) is 1.92. The van der Waals surface area contributed by atoms with E-state index in [1.807, 2.05) is 6.92 Å². The van der Waals surface area contributed by atoms with E-state index < -0.39 is 23.6 Å². The monoisotopic (exact) mass is 295 g/mol. The van der Waals surface area contributed by atoms with Crippen LogP contribution in [0.3, 0.4) is 0 Å². The molecule has 1 unspecified atom stereocenters. The molecule has 5 heteroatoms. The number of halogens is 1. The van der Waals surface area contributed by atoms with Crippen LogP contribution in [0.2, 0.25) is 0 Å². The molecular weight excluding hydrogens is 273 g/mol. The van der Waals surface area contributed by atoms with E-state index in [9.17, 15) is 14.0 Å². The average Bonchev–Trinajstić information content (AvgIpc) is 2.36. The summed E-state index contributed by atoms with van der Waals surface area (Å²) in [5, 5.41) is 0. The summed E-state index contributed by atoms with van der Waals surface area (Å²) in [6.07, 6.45) is 1.24. The molecule has 0 aliphatic heterocycles. The number of benzene rings is 1. The topological polar surface area (TPSA) is 46.6 Å². The molecule has 0 fully saturated rings. The van der Waals surface area contributed by atoms with Crippen molar-refractivity contribution in [3.63, 3.8) is 0 Å². The number of carbonyl (C=O) groups excluding carboxylic acids is 2. The number of ether oxygens (including phenoxy) is 1. The standard InChI is InChI=1S/C16H22FNO3/c1-5-7-14(11-19)18(15(20)21-16(2,3)4)13-9-6-8-12(17)10-13/h6,8-11,14H,5,7H2,1-4H3. The molecule has 0 bridgehead atoms. The molecule has 1 amide bonds. The maximum absolute atomic E-state index is 13.4. The van der Waals surface area contributed by atoms with Gasteiger partial charge in [-0.15, -0.1) is 0 Å². The first-order valence-corrected chi connectivity index (χ1v) is 7.01. The molecule has 116 valence electrons. The number of anilines is 1. The normalized spacial score (nSPS) is 12.6. The molecule has 0 spiro atoms. The summed E-state index contributed by atoms with van der Waals surface area (Å²) in [7, 11) is 0. The van der Waals surface area contributed by atoms with E-state index in [0.717, 1.165) is 6.42 Å². The second kappa shape index (κ2) is 7.20. The van der Waals surface area contributed by atoms with Gasteiger partial charge in [-0.2, -0.15) is 0 Å². The van der Waals surface area contributed by atoms with Crippen LogP contribution in [0.15, 0.2) is 24.3 Å². The molecular formula is C16H22FNO3. The Balaban J connectivity index is 3.16. The lowest BCUT2D eigenvalue weighted by molar-refractivity contribution is -0.109. The van der Waals surface area contributed by atoms with Crippen molar-refractivity contribution in [3.05, 3.63) is 30.1 Å². The molecule has 4 nitrogen and oxygen atoms in total. The van der Waals surface area contributed by atoms with Crippen LogP contribution in [0.4, 0.5) is 14.9 Å². The Kier molecular flexibility index (Phi) is 5.88. The van der Waals surface area contributed by atoms with Crippen molar-refractivity contribution < 1.29 is 18.7 Å². The van der Waals surface area contributed by atoms with Gasteiger partial charge >= 0.3 is 6.09 Å². The van der Waals surface area contributed by atoms with Gasteiger partial charge in [0.05, 0.1) is 11.7 Å². The fraction of sp³-hybridized carbons (Fsp3) is 0.500. The van der Waals surface area contributed by atoms with E-state index in [1.54, 1.807) is 26.8 Å². The minimum atomic E-state index is -0.692. The summed E-state index contributed by atoms with van der Waals surface area (Å²) in [5.74, 6) is -0.470. The first kappa shape index (κ1) is 17.1. The van der Waals surface area contributed by atoms with Crippen LogP contribution < -0.4 is 4.90 Å². The largest absolute Gasteiger partial charge is 0.443 e. The van der Waals surface area contributed by atoms with Crippen LogP contribution in [-0.2, 0) is 9.53 Å². The van der Waals surface area contributed by atoms with E-state index in [-0.39, 0.29) is 0 Å². The van der Waals surface area contributed by atoms with Crippen LogP contribution in [0, 0.1) is 5.82 Å². The third-order valence-corrected chi connectivity index (χ3v) is 2.75. The Hall–Kier alpha value is -1.91. The summed E-state index contributed by atoms with van der Waals surface area (Å²) in [6.45, 7) is 7.13. The Labute approximate surface area is 124 Å². The minimum Gasteiger partial charge on any atom is -0.443 e. The number of rotatable bonds is 5. The van der Waals surface area contributed by atoms with Gasteiger partial charge in [-0.3, -0.25) is 4.90 Å². The first-order valence-electron chi connectivity index (χ1n) is 7.01. The van der Waals surface area contributed by atoms with Crippen molar-refractivity contribution in [3.8, 4) is 0 Å². The Bertz CT molecular complexity index is 497. The van der Waals surface area contributed by atoms with Crippen molar-refractivity contribution >= 4 is 18.1 Å². The Morgan fingerprint density at radius 2 is 2.10 bits per heavy atom. The van der Waals surface area contributed by atoms with Crippen molar-refractivity contribution in [2.24, 2.45) is 0 Å². The van der Waals surface area contributed by atoms with Gasteiger partial charge in [-0.25, -0.2) is 9.18 Å². The average molecular weight is 295 g/mol. The molecule has 0 aromatic heterocycles. The summed E-state index contributed by atoms with van der Waals surface area (Å²) in [6, 6.07) is 4.91. The predicted molar refractivity (Wildman–Crippen MR) is 79.9 cm³/mol. The fourth-order valence-corrected chi connectivity index (χ4v) is 1.92. The van der Waals surface area contributed by atoms with Gasteiger partial charge in [0.1, 0.15) is 17.7 Å². The number of amides is 1. The highest BCUT2D eigenvalue weighted by atomic mass is 19.1. The molecule has 0 radical (unpaired) electrons. The van der Waals surface area contributed by atoms with Gasteiger partial charge in [0.15, 0.2) is 0 Å². The van der Waals surface area contributed by atoms with Gasteiger partial charge in [-0.1, -0.05) is 19.4 Å². The molecule has 0 aliphatic rings. The molecule has 21 heavy (non-hydrogen) atoms. The van der Waals surface area contributed by atoms with Crippen molar-refractivity contribution in [1.82, 2.24) is 0 Å². The molecule has 0 saturated heterocycles. The maximum atomic E-state index is 13.4. The van der Waals surface area contributed by atoms with Crippen LogP contribution in [0.5, 0.6) is 0 Å². The molecule has 0 aliphatic carbocycles. The smallest absolute Gasteiger partial charge is 0.415 e. The highest BCUT2D eigenvalue weighted by Crippen LogP contribution is 2.23. The lowest BCUT2D eigenvalue weighted by Gasteiger charge is -2.31. The summed E-state index contributed by atoms with van der Waals surface area (Å²) in [5.41, 5.74) is -0.378. The summed E-state index contributed by atoms with van der Waals surface area (Å²) < 4.78 is 18.7. The van der Waals surface area contributed by atoms with Crippen LogP contribution in [0.25, 0.3) is 0 Å². The highest BCUT2D eigenvalue weighted by Gasteiger charge is 2.29. The van der Waals surface area contributed by atoms with Gasteiger partial charge in [0, 0.05) is 0 Å². The third kappa shape index (κ3) is 5.17. The zero-order valence-corrected chi connectivity index (χ0v) is 12.9. The first-order chi connectivity index (χ1) is 9.78. The predicted octanol–water partition coefficient (Wildman–Crippen LogP) is 3.93. The van der Waals surface area contributed by atoms with Gasteiger partial charge in [-0.05, 0) is 45.4 Å². The molecule has 1 aromatic carbocycles. The molecule has 1 atom stereocenters. The summed E-state index contributed by atoms with van der Waals surface area (Å²) >= 11 is 0. The zero-order chi connectivity index (χ0) is 16.0. The quantitative estimate of drug-likeness (QED) is 0.773. The van der Waals surface area contributed by atoms with Crippen LogP contribution in [0.1, 0.15) is 40.5 Å². The van der Waals surface area contributed by atoms with Crippen LogP contribution >= 0.6 is 0 Å². The Morgan fingerprint density at radius 1 is 1.43 bits per heavy atom. The van der Waals surface area contributed by atoms with Crippen LogP contribution in [-0.4, -0.2) is 24.0 Å². The number of nitrogens with zero attached hydrogens (tertiary/aromatic N) is 1. The van der Waals surface area contributed by atoms with E-state index in [2.05, 4.69) is 0 Å². The molecule has 0 saturated carbocycles. The molecule has 1 aromatic rings. The lowest BCUT2D eigenvalue weighted by atomic mass is 10.1. The Morgan fingerprint density at radius 3 is 2.57 bits per heavy atom. The molecule has 0 N–H and O–H groups in total. The van der Waals surface area contributed by atoms with E-state index in [4.69, 9.17) is 4.74 Å². The van der Waals surface area contributed by atoms with Crippen molar-refractivity contribution in [2.75, 3.05) is 4.90 Å². The van der Waals surface area contributed by atoms with Gasteiger partial charge in [0.25, 0.3) is 0 Å². The minimum absolute atomic E-state index is 0.315. The van der Waals surface area contributed by atoms with Crippen molar-refractivity contribution in [2.45, 2.75) is 52.2 Å². The highest BCUT2D eigenvalue weighted by molar-refractivity contribution is 5.92. The molecule has 1 rings (SSSR count). The number of aldehydes is 1. The third-order valence-electron chi connectivity index (χ3n) is 2.75. The van der Waals surface area contributed by atoms with E-state index >= 15 is 0 Å². The summed E-state index contributed by atoms with van der Waals surface area (Å²) in [4.78, 5) is 24.9. The SMILES string of the molecule is CCCC(C=O)N(C(=O)OC(C)(C)C)c1cccc(F)c1. The second-order valence-corrected chi connectivity index (χ2v) is 5.82. The maximum Gasteiger partial charge on any atom is 0.415 e. The van der Waals surface area contributed by atoms with Gasteiger partial charge < -0.3 is 9.53 Å². The zero-order valence-electron chi connectivity index (χ0n) is 12.9. The van der Waals surface area contributed by atoms with Crippen molar-refractivity contribution in [1.29, 1.82) is 0 Å².